The highest BCUT2D eigenvalue weighted by molar-refractivity contribution is 5.61. The predicted octanol–water partition coefficient (Wildman–Crippen LogP) is 5.68. The Balaban J connectivity index is 1.13. The topological polar surface area (TPSA) is 61.4 Å². The van der Waals surface area contributed by atoms with Crippen LogP contribution in [0.4, 0.5) is 5.69 Å². The first-order valence-corrected chi connectivity index (χ1v) is 14.9. The lowest BCUT2D eigenvalue weighted by Gasteiger charge is -2.33. The molecule has 0 saturated carbocycles. The number of piperidine rings is 1. The lowest BCUT2D eigenvalue weighted by molar-refractivity contribution is 0.0106. The van der Waals surface area contributed by atoms with E-state index in [4.69, 9.17) is 23.7 Å². The van der Waals surface area contributed by atoms with Crippen LogP contribution >= 0.6 is 0 Å². The average molecular weight is 561 g/mol. The summed E-state index contributed by atoms with van der Waals surface area (Å²) in [6, 6.07) is 24.9. The lowest BCUT2D eigenvalue weighted by atomic mass is 9.87. The Morgan fingerprint density at radius 2 is 1.76 bits per heavy atom. The fourth-order valence-electron chi connectivity index (χ4n) is 5.48. The van der Waals surface area contributed by atoms with Gasteiger partial charge in [-0.2, -0.15) is 0 Å². The molecule has 1 N–H and O–H groups in total. The molecule has 3 aromatic carbocycles. The van der Waals surface area contributed by atoms with Gasteiger partial charge in [-0.25, -0.2) is 0 Å². The highest BCUT2D eigenvalue weighted by Crippen LogP contribution is 2.34. The minimum absolute atomic E-state index is 0.107. The Morgan fingerprint density at radius 3 is 2.54 bits per heavy atom. The van der Waals surface area contributed by atoms with Crippen LogP contribution in [0.3, 0.4) is 0 Å². The van der Waals surface area contributed by atoms with Crippen LogP contribution < -0.4 is 24.4 Å². The standard InChI is InChI=1S/C34H44N2O5/c1-26(23-39-29-7-4-3-5-8-29)24-40-30-12-10-28(11-13-30)31-15-16-35-22-34(31)41-25-27-9-14-33-32(21-27)36(18-20-38-33)17-6-19-37-2/h3-5,7-14,21,26,31,34-35H,6,15-20,22-25H2,1-2H3/t26-,31-,34+/m1/s1. The molecule has 7 nitrogen and oxygen atoms in total. The van der Waals surface area contributed by atoms with Gasteiger partial charge in [0.2, 0.25) is 0 Å². The average Bonchev–Trinajstić information content (AvgIpc) is 3.03. The maximum absolute atomic E-state index is 6.55. The van der Waals surface area contributed by atoms with E-state index in [1.54, 1.807) is 7.11 Å². The number of ether oxygens (including phenoxy) is 5. The zero-order chi connectivity index (χ0) is 28.3. The highest BCUT2D eigenvalue weighted by atomic mass is 16.5. The monoisotopic (exact) mass is 560 g/mol. The summed E-state index contributed by atoms with van der Waals surface area (Å²) in [5.74, 6) is 3.36. The molecule has 0 amide bonds. The van der Waals surface area contributed by atoms with Crippen LogP contribution in [0.1, 0.15) is 36.8 Å². The van der Waals surface area contributed by atoms with Crippen LogP contribution in [0.5, 0.6) is 17.2 Å². The third kappa shape index (κ3) is 8.38. The number of rotatable bonds is 14. The molecule has 5 rings (SSSR count). The summed E-state index contributed by atoms with van der Waals surface area (Å²) < 4.78 is 29.6. The Labute approximate surface area is 244 Å². The zero-order valence-corrected chi connectivity index (χ0v) is 24.4. The minimum Gasteiger partial charge on any atom is -0.493 e. The van der Waals surface area contributed by atoms with E-state index in [9.17, 15) is 0 Å². The van der Waals surface area contributed by atoms with Crippen LogP contribution in [0, 0.1) is 5.92 Å². The van der Waals surface area contributed by atoms with Crippen LogP contribution in [0.15, 0.2) is 72.8 Å². The van der Waals surface area contributed by atoms with E-state index in [-0.39, 0.29) is 12.0 Å². The van der Waals surface area contributed by atoms with Crippen molar-refractivity contribution in [2.75, 3.05) is 64.6 Å². The fourth-order valence-corrected chi connectivity index (χ4v) is 5.48. The Bertz CT molecular complexity index is 1190. The van der Waals surface area contributed by atoms with Crippen molar-refractivity contribution in [3.63, 3.8) is 0 Å². The summed E-state index contributed by atoms with van der Waals surface area (Å²) in [7, 11) is 1.75. The molecule has 2 aliphatic rings. The van der Waals surface area contributed by atoms with Gasteiger partial charge in [0.1, 0.15) is 23.9 Å². The van der Waals surface area contributed by atoms with E-state index < -0.39 is 0 Å². The number of hydrogen-bond acceptors (Lipinski definition) is 7. The Hall–Kier alpha value is -3.26. The van der Waals surface area contributed by atoms with Crippen LogP contribution in [-0.2, 0) is 16.1 Å². The number of benzene rings is 3. The first-order valence-electron chi connectivity index (χ1n) is 14.9. The Kier molecular flexibility index (Phi) is 10.8. The smallest absolute Gasteiger partial charge is 0.142 e. The maximum atomic E-state index is 6.55. The first-order chi connectivity index (χ1) is 20.2. The second-order valence-corrected chi connectivity index (χ2v) is 11.0. The van der Waals surface area contributed by atoms with Gasteiger partial charge in [-0.1, -0.05) is 43.3 Å². The number of anilines is 1. The van der Waals surface area contributed by atoms with Gasteiger partial charge in [0, 0.05) is 38.6 Å². The summed E-state index contributed by atoms with van der Waals surface area (Å²) in [5, 5.41) is 3.52. The molecule has 0 aromatic heterocycles. The maximum Gasteiger partial charge on any atom is 0.142 e. The molecular formula is C34H44N2O5. The molecule has 0 aliphatic carbocycles. The van der Waals surface area contributed by atoms with Gasteiger partial charge in [-0.05, 0) is 66.9 Å². The molecule has 1 saturated heterocycles. The molecule has 2 aliphatic heterocycles. The summed E-state index contributed by atoms with van der Waals surface area (Å²) in [5.41, 5.74) is 3.63. The number of nitrogens with zero attached hydrogens (tertiary/aromatic N) is 1. The third-order valence-corrected chi connectivity index (χ3v) is 7.77. The fraction of sp³-hybridized carbons (Fsp3) is 0.471. The van der Waals surface area contributed by atoms with Gasteiger partial charge in [0.05, 0.1) is 38.2 Å². The second kappa shape index (κ2) is 15.1. The van der Waals surface area contributed by atoms with Crippen LogP contribution in [-0.4, -0.2) is 65.8 Å². The molecule has 0 radical (unpaired) electrons. The lowest BCUT2D eigenvalue weighted by Crippen LogP contribution is -2.41. The van der Waals surface area contributed by atoms with Crippen LogP contribution in [0.25, 0.3) is 0 Å². The van der Waals surface area contributed by atoms with Crippen molar-refractivity contribution in [2.24, 2.45) is 5.92 Å². The van der Waals surface area contributed by atoms with Crippen molar-refractivity contribution in [1.29, 1.82) is 0 Å². The molecule has 220 valence electrons. The number of methoxy groups -OCH3 is 1. The molecule has 41 heavy (non-hydrogen) atoms. The highest BCUT2D eigenvalue weighted by Gasteiger charge is 2.27. The summed E-state index contributed by atoms with van der Waals surface area (Å²) in [6.45, 7) is 9.14. The quantitative estimate of drug-likeness (QED) is 0.255. The van der Waals surface area contributed by atoms with E-state index in [0.29, 0.717) is 25.7 Å². The van der Waals surface area contributed by atoms with E-state index in [0.717, 1.165) is 75.2 Å². The Morgan fingerprint density at radius 1 is 0.976 bits per heavy atom. The number of para-hydroxylation sites is 1. The van der Waals surface area contributed by atoms with Gasteiger partial charge in [-0.3, -0.25) is 0 Å². The van der Waals surface area contributed by atoms with Gasteiger partial charge >= 0.3 is 0 Å². The van der Waals surface area contributed by atoms with Crippen molar-refractivity contribution >= 4 is 5.69 Å². The second-order valence-electron chi connectivity index (χ2n) is 11.0. The van der Waals surface area contributed by atoms with Crippen LogP contribution in [0.2, 0.25) is 0 Å². The van der Waals surface area contributed by atoms with Crippen molar-refractivity contribution in [1.82, 2.24) is 5.32 Å². The number of nitrogens with one attached hydrogen (secondary N) is 1. The summed E-state index contributed by atoms with van der Waals surface area (Å²) >= 11 is 0. The zero-order valence-electron chi connectivity index (χ0n) is 24.4. The van der Waals surface area contributed by atoms with Crippen molar-refractivity contribution in [3.8, 4) is 17.2 Å². The van der Waals surface area contributed by atoms with Gasteiger partial charge < -0.3 is 33.9 Å². The van der Waals surface area contributed by atoms with Gasteiger partial charge in [0.15, 0.2) is 0 Å². The SMILES string of the molecule is COCCCN1CCOc2ccc(CO[C@H]3CNCC[C@@H]3c3ccc(OC[C@H](C)COc4ccccc4)cc3)cc21. The molecule has 7 heteroatoms. The summed E-state index contributed by atoms with van der Waals surface area (Å²) in [4.78, 5) is 2.40. The van der Waals surface area contributed by atoms with Crippen molar-refractivity contribution < 1.29 is 23.7 Å². The van der Waals surface area contributed by atoms with Gasteiger partial charge in [0.25, 0.3) is 0 Å². The molecule has 3 aromatic rings. The minimum atomic E-state index is 0.107. The number of fused-ring (bicyclic) bond motifs is 1. The molecule has 0 bridgehead atoms. The predicted molar refractivity (Wildman–Crippen MR) is 162 cm³/mol. The number of hydrogen-bond donors (Lipinski definition) is 1. The molecular weight excluding hydrogens is 516 g/mol. The van der Waals surface area contributed by atoms with E-state index >= 15 is 0 Å². The van der Waals surface area contributed by atoms with E-state index in [2.05, 4.69) is 59.6 Å². The largest absolute Gasteiger partial charge is 0.493 e. The molecule has 3 atom stereocenters. The van der Waals surface area contributed by atoms with E-state index in [1.165, 1.54) is 11.1 Å². The normalized spacial score (nSPS) is 19.2. The molecule has 0 unspecified atom stereocenters. The van der Waals surface area contributed by atoms with Crippen molar-refractivity contribution in [2.45, 2.75) is 38.4 Å². The van der Waals surface area contributed by atoms with Crippen molar-refractivity contribution in [3.05, 3.63) is 83.9 Å². The van der Waals surface area contributed by atoms with E-state index in [1.807, 2.05) is 30.3 Å². The molecule has 1 fully saturated rings. The molecule has 2 heterocycles. The third-order valence-electron chi connectivity index (χ3n) is 7.77. The summed E-state index contributed by atoms with van der Waals surface area (Å²) in [6.07, 6.45) is 2.15. The first kappa shape index (κ1) is 29.2. The van der Waals surface area contributed by atoms with Gasteiger partial charge in [-0.15, -0.1) is 0 Å². The molecule has 0 spiro atoms.